The first-order chi connectivity index (χ1) is 8.13. The maximum atomic E-state index is 12.3. The highest BCUT2D eigenvalue weighted by molar-refractivity contribution is 5.94. The van der Waals surface area contributed by atoms with Crippen molar-refractivity contribution in [2.24, 2.45) is 0 Å². The summed E-state index contributed by atoms with van der Waals surface area (Å²) in [4.78, 5) is 14.3. The number of benzene rings is 1. The summed E-state index contributed by atoms with van der Waals surface area (Å²) < 4.78 is 0. The first-order valence-corrected chi connectivity index (χ1v) is 6.30. The molecule has 0 aliphatic rings. The molecular weight excluding hydrogens is 212 g/mol. The molecule has 0 atom stereocenters. The van der Waals surface area contributed by atoms with Crippen molar-refractivity contribution in [1.29, 1.82) is 0 Å². The Morgan fingerprint density at radius 2 is 1.71 bits per heavy atom. The molecule has 0 fully saturated rings. The second-order valence-corrected chi connectivity index (χ2v) is 4.18. The van der Waals surface area contributed by atoms with Crippen molar-refractivity contribution >= 4 is 11.6 Å². The Balaban J connectivity index is 2.89. The number of hydrogen-bond donors (Lipinski definition) is 1. The summed E-state index contributed by atoms with van der Waals surface area (Å²) in [5.74, 6) is 0.0983. The monoisotopic (exact) mass is 234 g/mol. The molecule has 0 saturated carbocycles. The molecule has 2 N–H and O–H groups in total. The predicted molar refractivity (Wildman–Crippen MR) is 71.9 cm³/mol. The molecule has 0 aliphatic heterocycles. The first kappa shape index (κ1) is 13.6. The Bertz CT molecular complexity index is 355. The standard InChI is InChI=1S/C14H22N2O/c1-4-13(5-2)16(6-3)14(17)11-7-9-12(15)10-8-11/h7-10,13H,4-6,15H2,1-3H3. The van der Waals surface area contributed by atoms with E-state index in [1.807, 2.05) is 11.8 Å². The summed E-state index contributed by atoms with van der Waals surface area (Å²) in [6.45, 7) is 7.00. The van der Waals surface area contributed by atoms with Gasteiger partial charge in [-0.15, -0.1) is 0 Å². The van der Waals surface area contributed by atoms with Gasteiger partial charge in [-0.2, -0.15) is 0 Å². The van der Waals surface area contributed by atoms with Gasteiger partial charge in [-0.3, -0.25) is 4.79 Å². The lowest BCUT2D eigenvalue weighted by Gasteiger charge is -2.29. The SMILES string of the molecule is CCC(CC)N(CC)C(=O)c1ccc(N)cc1. The maximum Gasteiger partial charge on any atom is 0.254 e. The van der Waals surface area contributed by atoms with Crippen molar-refractivity contribution < 1.29 is 4.79 Å². The number of nitrogens with zero attached hydrogens (tertiary/aromatic N) is 1. The van der Waals surface area contributed by atoms with Crippen LogP contribution in [0.4, 0.5) is 5.69 Å². The van der Waals surface area contributed by atoms with Crippen LogP contribution in [-0.2, 0) is 0 Å². The molecule has 0 aliphatic carbocycles. The summed E-state index contributed by atoms with van der Waals surface area (Å²) in [7, 11) is 0. The summed E-state index contributed by atoms with van der Waals surface area (Å²) in [5.41, 5.74) is 7.03. The number of carbonyl (C=O) groups excluding carboxylic acids is 1. The van der Waals surface area contributed by atoms with Gasteiger partial charge in [0.1, 0.15) is 0 Å². The number of nitrogens with two attached hydrogens (primary N) is 1. The van der Waals surface area contributed by atoms with Crippen molar-refractivity contribution in [2.45, 2.75) is 39.7 Å². The molecule has 0 bridgehead atoms. The fraction of sp³-hybridized carbons (Fsp3) is 0.500. The minimum atomic E-state index is 0.0983. The summed E-state index contributed by atoms with van der Waals surface area (Å²) >= 11 is 0. The molecule has 1 amide bonds. The lowest BCUT2D eigenvalue weighted by molar-refractivity contribution is 0.0680. The number of hydrogen-bond acceptors (Lipinski definition) is 2. The third-order valence-electron chi connectivity index (χ3n) is 3.14. The highest BCUT2D eigenvalue weighted by Crippen LogP contribution is 2.14. The van der Waals surface area contributed by atoms with Crippen LogP contribution in [0.25, 0.3) is 0 Å². The minimum absolute atomic E-state index is 0.0983. The average molecular weight is 234 g/mol. The number of rotatable bonds is 5. The van der Waals surface area contributed by atoms with Crippen LogP contribution >= 0.6 is 0 Å². The van der Waals surface area contributed by atoms with Crippen molar-refractivity contribution in [1.82, 2.24) is 4.90 Å². The summed E-state index contributed by atoms with van der Waals surface area (Å²) in [5, 5.41) is 0. The van der Waals surface area contributed by atoms with Gasteiger partial charge in [0, 0.05) is 23.8 Å². The second kappa shape index (κ2) is 6.28. The van der Waals surface area contributed by atoms with E-state index in [2.05, 4.69) is 13.8 Å². The van der Waals surface area contributed by atoms with E-state index in [9.17, 15) is 4.79 Å². The fourth-order valence-corrected chi connectivity index (χ4v) is 2.09. The molecule has 0 unspecified atom stereocenters. The van der Waals surface area contributed by atoms with Crippen LogP contribution in [0.15, 0.2) is 24.3 Å². The Labute approximate surface area is 104 Å². The van der Waals surface area contributed by atoms with Crippen LogP contribution in [0.1, 0.15) is 44.0 Å². The van der Waals surface area contributed by atoms with E-state index in [1.165, 1.54) is 0 Å². The number of nitrogen functional groups attached to an aromatic ring is 1. The Morgan fingerprint density at radius 1 is 1.18 bits per heavy atom. The molecule has 0 heterocycles. The molecule has 0 aromatic heterocycles. The Hall–Kier alpha value is -1.51. The van der Waals surface area contributed by atoms with Gasteiger partial charge in [-0.25, -0.2) is 0 Å². The summed E-state index contributed by atoms with van der Waals surface area (Å²) in [6.07, 6.45) is 1.98. The van der Waals surface area contributed by atoms with E-state index in [-0.39, 0.29) is 5.91 Å². The number of carbonyl (C=O) groups is 1. The van der Waals surface area contributed by atoms with Gasteiger partial charge < -0.3 is 10.6 Å². The van der Waals surface area contributed by atoms with E-state index < -0.39 is 0 Å². The largest absolute Gasteiger partial charge is 0.399 e. The highest BCUT2D eigenvalue weighted by atomic mass is 16.2. The molecule has 3 heteroatoms. The zero-order valence-electron chi connectivity index (χ0n) is 10.9. The quantitative estimate of drug-likeness (QED) is 0.796. The lowest BCUT2D eigenvalue weighted by atomic mass is 10.1. The van der Waals surface area contributed by atoms with Crippen molar-refractivity contribution in [2.75, 3.05) is 12.3 Å². The fourth-order valence-electron chi connectivity index (χ4n) is 2.09. The zero-order valence-corrected chi connectivity index (χ0v) is 10.9. The molecule has 0 saturated heterocycles. The maximum absolute atomic E-state index is 12.3. The van der Waals surface area contributed by atoms with Crippen LogP contribution in [-0.4, -0.2) is 23.4 Å². The Morgan fingerprint density at radius 3 is 2.12 bits per heavy atom. The average Bonchev–Trinajstić information content (AvgIpc) is 2.36. The smallest absolute Gasteiger partial charge is 0.254 e. The van der Waals surface area contributed by atoms with E-state index in [1.54, 1.807) is 24.3 Å². The second-order valence-electron chi connectivity index (χ2n) is 4.18. The molecule has 1 aromatic rings. The molecule has 0 spiro atoms. The molecule has 0 radical (unpaired) electrons. The van der Waals surface area contributed by atoms with Gasteiger partial charge in [-0.05, 0) is 44.0 Å². The van der Waals surface area contributed by atoms with Crippen molar-refractivity contribution in [3.05, 3.63) is 29.8 Å². The molecule has 3 nitrogen and oxygen atoms in total. The van der Waals surface area contributed by atoms with Crippen LogP contribution in [0.5, 0.6) is 0 Å². The normalized spacial score (nSPS) is 10.6. The van der Waals surface area contributed by atoms with Crippen LogP contribution in [0, 0.1) is 0 Å². The van der Waals surface area contributed by atoms with E-state index in [4.69, 9.17) is 5.73 Å². The summed E-state index contributed by atoms with van der Waals surface area (Å²) in [6, 6.07) is 7.46. The lowest BCUT2D eigenvalue weighted by Crippen LogP contribution is -2.39. The van der Waals surface area contributed by atoms with Crippen molar-refractivity contribution in [3.63, 3.8) is 0 Å². The zero-order chi connectivity index (χ0) is 12.8. The number of anilines is 1. The highest BCUT2D eigenvalue weighted by Gasteiger charge is 2.20. The van der Waals surface area contributed by atoms with Gasteiger partial charge in [0.05, 0.1) is 0 Å². The van der Waals surface area contributed by atoms with Gasteiger partial charge in [-0.1, -0.05) is 13.8 Å². The third-order valence-corrected chi connectivity index (χ3v) is 3.14. The van der Waals surface area contributed by atoms with Gasteiger partial charge in [0.2, 0.25) is 0 Å². The topological polar surface area (TPSA) is 46.3 Å². The van der Waals surface area contributed by atoms with Gasteiger partial charge in [0.25, 0.3) is 5.91 Å². The van der Waals surface area contributed by atoms with Crippen LogP contribution < -0.4 is 5.73 Å². The van der Waals surface area contributed by atoms with Crippen LogP contribution in [0.3, 0.4) is 0 Å². The van der Waals surface area contributed by atoms with E-state index in [0.717, 1.165) is 19.4 Å². The van der Waals surface area contributed by atoms with Crippen molar-refractivity contribution in [3.8, 4) is 0 Å². The molecular formula is C14H22N2O. The van der Waals surface area contributed by atoms with Gasteiger partial charge in [0.15, 0.2) is 0 Å². The molecule has 1 aromatic carbocycles. The minimum Gasteiger partial charge on any atom is -0.399 e. The molecule has 94 valence electrons. The number of amides is 1. The van der Waals surface area contributed by atoms with Crippen LogP contribution in [0.2, 0.25) is 0 Å². The third kappa shape index (κ3) is 3.22. The Kier molecular flexibility index (Phi) is 5.01. The molecule has 17 heavy (non-hydrogen) atoms. The first-order valence-electron chi connectivity index (χ1n) is 6.30. The van der Waals surface area contributed by atoms with Gasteiger partial charge >= 0.3 is 0 Å². The predicted octanol–water partition coefficient (Wildman–Crippen LogP) is 2.92. The molecule has 1 rings (SSSR count). The van der Waals surface area contributed by atoms with E-state index >= 15 is 0 Å². The van der Waals surface area contributed by atoms with E-state index in [0.29, 0.717) is 17.3 Å².